The van der Waals surface area contributed by atoms with Crippen LogP contribution in [0.25, 0.3) is 10.9 Å². The van der Waals surface area contributed by atoms with E-state index < -0.39 is 0 Å². The molecule has 0 bridgehead atoms. The Kier molecular flexibility index (Phi) is 3.72. The molecule has 3 aromatic rings. The molecule has 6 nitrogen and oxygen atoms in total. The molecule has 2 aromatic heterocycles. The number of anilines is 1. The molecule has 1 aromatic carbocycles. The number of rotatable bonds is 4. The van der Waals surface area contributed by atoms with Crippen molar-refractivity contribution in [1.82, 2.24) is 9.55 Å². The van der Waals surface area contributed by atoms with Crippen LogP contribution in [0.15, 0.2) is 41.3 Å². The number of carbonyl (C=O) groups is 1. The Morgan fingerprint density at radius 2 is 2.17 bits per heavy atom. The van der Waals surface area contributed by atoms with E-state index in [1.165, 1.54) is 7.11 Å². The molecule has 0 radical (unpaired) electrons. The van der Waals surface area contributed by atoms with Crippen molar-refractivity contribution in [3.8, 4) is 0 Å². The molecule has 1 aliphatic heterocycles. The van der Waals surface area contributed by atoms with Gasteiger partial charge in [0.15, 0.2) is 0 Å². The summed E-state index contributed by atoms with van der Waals surface area (Å²) in [5.74, 6) is 0.332. The Morgan fingerprint density at radius 3 is 2.88 bits per heavy atom. The lowest BCUT2D eigenvalue weighted by molar-refractivity contribution is 0.0601. The Balaban J connectivity index is 1.80. The van der Waals surface area contributed by atoms with E-state index in [2.05, 4.69) is 22.0 Å². The van der Waals surface area contributed by atoms with Gasteiger partial charge in [0, 0.05) is 30.2 Å². The van der Waals surface area contributed by atoms with Crippen LogP contribution in [0.2, 0.25) is 0 Å². The second kappa shape index (κ2) is 6.03. The largest absolute Gasteiger partial charge is 0.465 e. The van der Waals surface area contributed by atoms with Crippen molar-refractivity contribution in [3.05, 3.63) is 48.3 Å². The van der Waals surface area contributed by atoms with Crippen molar-refractivity contribution in [2.45, 2.75) is 19.4 Å². The summed E-state index contributed by atoms with van der Waals surface area (Å²) in [6.07, 6.45) is 7.50. The van der Waals surface area contributed by atoms with Crippen molar-refractivity contribution in [2.75, 3.05) is 25.1 Å². The standard InChI is InChI=1S/C18H19N3O3/c1-23-18(22)14-11-15-13(10-16(14)20-6-2-3-7-20)4-8-21(15)12-17-19-5-9-24-17/h4-5,8-11H,2-3,6-7,12H2,1H3. The van der Waals surface area contributed by atoms with E-state index in [4.69, 9.17) is 9.15 Å². The monoisotopic (exact) mass is 325 g/mol. The number of ether oxygens (including phenoxy) is 1. The zero-order chi connectivity index (χ0) is 16.5. The molecule has 0 unspecified atom stereocenters. The van der Waals surface area contributed by atoms with Crippen molar-refractivity contribution in [3.63, 3.8) is 0 Å². The topological polar surface area (TPSA) is 60.5 Å². The van der Waals surface area contributed by atoms with Crippen molar-refractivity contribution < 1.29 is 13.9 Å². The first-order valence-electron chi connectivity index (χ1n) is 8.11. The molecule has 3 heterocycles. The van der Waals surface area contributed by atoms with Gasteiger partial charge < -0.3 is 18.6 Å². The maximum Gasteiger partial charge on any atom is 0.340 e. The molecular formula is C18H19N3O3. The van der Waals surface area contributed by atoms with Gasteiger partial charge in [0.25, 0.3) is 0 Å². The second-order valence-corrected chi connectivity index (χ2v) is 5.98. The van der Waals surface area contributed by atoms with Crippen LogP contribution in [0.3, 0.4) is 0 Å². The van der Waals surface area contributed by atoms with Gasteiger partial charge in [-0.1, -0.05) is 0 Å². The van der Waals surface area contributed by atoms with Gasteiger partial charge in [0.05, 0.1) is 31.1 Å². The van der Waals surface area contributed by atoms with Gasteiger partial charge in [-0.25, -0.2) is 9.78 Å². The first kappa shape index (κ1) is 14.8. The number of methoxy groups -OCH3 is 1. The molecule has 0 saturated carbocycles. The predicted octanol–water partition coefficient (Wildman–Crippen LogP) is 3.06. The average Bonchev–Trinajstić information content (AvgIpc) is 3.36. The van der Waals surface area contributed by atoms with Crippen molar-refractivity contribution in [1.29, 1.82) is 0 Å². The minimum Gasteiger partial charge on any atom is -0.465 e. The van der Waals surface area contributed by atoms with Gasteiger partial charge in [-0.2, -0.15) is 0 Å². The van der Waals surface area contributed by atoms with Crippen LogP contribution in [0, 0.1) is 0 Å². The maximum atomic E-state index is 12.3. The minimum absolute atomic E-state index is 0.303. The number of oxazole rings is 1. The van der Waals surface area contributed by atoms with Gasteiger partial charge in [-0.3, -0.25) is 0 Å². The Hall–Kier alpha value is -2.76. The summed E-state index contributed by atoms with van der Waals surface area (Å²) in [5, 5.41) is 1.09. The molecule has 24 heavy (non-hydrogen) atoms. The van der Waals surface area contributed by atoms with E-state index >= 15 is 0 Å². The van der Waals surface area contributed by atoms with Crippen LogP contribution < -0.4 is 4.90 Å². The lowest BCUT2D eigenvalue weighted by Crippen LogP contribution is -2.21. The molecule has 6 heteroatoms. The fourth-order valence-electron chi connectivity index (χ4n) is 3.33. The molecular weight excluding hydrogens is 306 g/mol. The average molecular weight is 325 g/mol. The molecule has 0 aliphatic carbocycles. The highest BCUT2D eigenvalue weighted by Gasteiger charge is 2.22. The van der Waals surface area contributed by atoms with E-state index in [0.29, 0.717) is 18.0 Å². The molecule has 0 amide bonds. The highest BCUT2D eigenvalue weighted by molar-refractivity contribution is 6.01. The van der Waals surface area contributed by atoms with Gasteiger partial charge in [0.2, 0.25) is 5.89 Å². The molecule has 1 fully saturated rings. The summed E-state index contributed by atoms with van der Waals surface area (Å²) >= 11 is 0. The highest BCUT2D eigenvalue weighted by atomic mass is 16.5. The van der Waals surface area contributed by atoms with Crippen LogP contribution in [-0.2, 0) is 11.3 Å². The van der Waals surface area contributed by atoms with Gasteiger partial charge >= 0.3 is 5.97 Å². The number of nitrogens with zero attached hydrogens (tertiary/aromatic N) is 3. The third-order valence-electron chi connectivity index (χ3n) is 4.53. The Bertz CT molecular complexity index is 861. The maximum absolute atomic E-state index is 12.3. The minimum atomic E-state index is -0.303. The van der Waals surface area contributed by atoms with Crippen LogP contribution in [-0.4, -0.2) is 35.7 Å². The third kappa shape index (κ3) is 2.54. The first-order valence-corrected chi connectivity index (χ1v) is 8.11. The molecule has 0 N–H and O–H groups in total. The van der Waals surface area contributed by atoms with E-state index in [0.717, 1.165) is 42.5 Å². The zero-order valence-corrected chi connectivity index (χ0v) is 13.6. The number of hydrogen-bond donors (Lipinski definition) is 0. The Labute approximate surface area is 139 Å². The Morgan fingerprint density at radius 1 is 1.33 bits per heavy atom. The summed E-state index contributed by atoms with van der Waals surface area (Å²) in [4.78, 5) is 18.7. The smallest absolute Gasteiger partial charge is 0.340 e. The van der Waals surface area contributed by atoms with Crippen LogP contribution in [0.1, 0.15) is 29.1 Å². The predicted molar refractivity (Wildman–Crippen MR) is 90.3 cm³/mol. The first-order chi connectivity index (χ1) is 11.8. The molecule has 0 atom stereocenters. The van der Waals surface area contributed by atoms with Crippen LogP contribution in [0.4, 0.5) is 5.69 Å². The molecule has 1 saturated heterocycles. The molecule has 124 valence electrons. The molecule has 1 aliphatic rings. The summed E-state index contributed by atoms with van der Waals surface area (Å²) in [5.41, 5.74) is 2.54. The zero-order valence-electron chi connectivity index (χ0n) is 13.6. The lowest BCUT2D eigenvalue weighted by Gasteiger charge is -2.21. The van der Waals surface area contributed by atoms with E-state index in [-0.39, 0.29) is 5.97 Å². The second-order valence-electron chi connectivity index (χ2n) is 5.98. The van der Waals surface area contributed by atoms with Crippen LogP contribution in [0.5, 0.6) is 0 Å². The summed E-state index contributed by atoms with van der Waals surface area (Å²) < 4.78 is 12.4. The van der Waals surface area contributed by atoms with Gasteiger partial charge in [0.1, 0.15) is 6.26 Å². The number of benzene rings is 1. The number of carbonyl (C=O) groups excluding carboxylic acids is 1. The summed E-state index contributed by atoms with van der Waals surface area (Å²) in [7, 11) is 1.42. The van der Waals surface area contributed by atoms with E-state index in [1.54, 1.807) is 12.5 Å². The lowest BCUT2D eigenvalue weighted by atomic mass is 10.1. The van der Waals surface area contributed by atoms with E-state index in [1.807, 2.05) is 16.8 Å². The molecule has 0 spiro atoms. The number of esters is 1. The number of hydrogen-bond acceptors (Lipinski definition) is 5. The van der Waals surface area contributed by atoms with Gasteiger partial charge in [-0.05, 0) is 31.0 Å². The fourth-order valence-corrected chi connectivity index (χ4v) is 3.33. The highest BCUT2D eigenvalue weighted by Crippen LogP contribution is 2.31. The summed E-state index contributed by atoms with van der Waals surface area (Å²) in [6.45, 7) is 2.49. The normalized spacial score (nSPS) is 14.5. The van der Waals surface area contributed by atoms with E-state index in [9.17, 15) is 4.79 Å². The van der Waals surface area contributed by atoms with Crippen molar-refractivity contribution >= 4 is 22.6 Å². The van der Waals surface area contributed by atoms with Crippen LogP contribution >= 0.6 is 0 Å². The van der Waals surface area contributed by atoms with Crippen molar-refractivity contribution in [2.24, 2.45) is 0 Å². The van der Waals surface area contributed by atoms with Gasteiger partial charge in [-0.15, -0.1) is 0 Å². The number of aromatic nitrogens is 2. The molecule has 4 rings (SSSR count). The quantitative estimate of drug-likeness (QED) is 0.690. The SMILES string of the molecule is COC(=O)c1cc2c(ccn2Cc2ncco2)cc1N1CCCC1. The third-order valence-corrected chi connectivity index (χ3v) is 4.53. The summed E-state index contributed by atoms with van der Waals surface area (Å²) in [6, 6.07) is 6.05. The fraction of sp³-hybridized carbons (Fsp3) is 0.333. The number of fused-ring (bicyclic) bond motifs is 1.